The number of nitrogens with one attached hydrogen (secondary N) is 1. The van der Waals surface area contributed by atoms with Crippen LogP contribution in [0.4, 0.5) is 0 Å². The SMILES string of the molecule is COc1ccc(C(=O)NC(C)c2nc3ccccc3n2CCCOc2ccc(C(C)C)cc2)cc1. The van der Waals surface area contributed by atoms with Crippen LogP contribution in [0.25, 0.3) is 11.0 Å². The van der Waals surface area contributed by atoms with Crippen molar-refractivity contribution in [3.8, 4) is 11.5 Å². The monoisotopic (exact) mass is 471 g/mol. The first kappa shape index (κ1) is 24.3. The van der Waals surface area contributed by atoms with E-state index >= 15 is 0 Å². The van der Waals surface area contributed by atoms with Crippen LogP contribution in [0.1, 0.15) is 60.9 Å². The standard InChI is InChI=1S/C29H33N3O3/c1-20(2)22-10-16-25(17-11-22)35-19-7-18-32-27-9-6-5-8-26(27)31-28(32)21(3)30-29(33)23-12-14-24(34-4)15-13-23/h5-6,8-17,20-21H,7,18-19H2,1-4H3,(H,30,33). The quantitative estimate of drug-likeness (QED) is 0.283. The fourth-order valence-electron chi connectivity index (χ4n) is 4.11. The molecule has 0 radical (unpaired) electrons. The van der Waals surface area contributed by atoms with Crippen LogP contribution in [0.3, 0.4) is 0 Å². The van der Waals surface area contributed by atoms with Gasteiger partial charge in [-0.1, -0.05) is 38.1 Å². The van der Waals surface area contributed by atoms with Crippen molar-refractivity contribution in [1.29, 1.82) is 0 Å². The highest BCUT2D eigenvalue weighted by Gasteiger charge is 2.19. The molecule has 1 amide bonds. The molecule has 0 bridgehead atoms. The van der Waals surface area contributed by atoms with E-state index in [-0.39, 0.29) is 11.9 Å². The van der Waals surface area contributed by atoms with Crippen molar-refractivity contribution in [2.75, 3.05) is 13.7 Å². The molecule has 182 valence electrons. The van der Waals surface area contributed by atoms with Crippen molar-refractivity contribution in [1.82, 2.24) is 14.9 Å². The van der Waals surface area contributed by atoms with E-state index in [1.807, 2.05) is 37.3 Å². The van der Waals surface area contributed by atoms with E-state index in [9.17, 15) is 4.79 Å². The molecule has 6 nitrogen and oxygen atoms in total. The molecule has 1 unspecified atom stereocenters. The highest BCUT2D eigenvalue weighted by atomic mass is 16.5. The van der Waals surface area contributed by atoms with Crippen LogP contribution in [0.2, 0.25) is 0 Å². The van der Waals surface area contributed by atoms with Crippen LogP contribution in [-0.2, 0) is 6.54 Å². The maximum absolute atomic E-state index is 12.8. The number of amides is 1. The number of aryl methyl sites for hydroxylation is 1. The first-order chi connectivity index (χ1) is 17.0. The van der Waals surface area contributed by atoms with Crippen molar-refractivity contribution >= 4 is 16.9 Å². The van der Waals surface area contributed by atoms with Gasteiger partial charge in [-0.15, -0.1) is 0 Å². The van der Waals surface area contributed by atoms with Crippen LogP contribution in [0, 0.1) is 0 Å². The molecule has 0 aliphatic heterocycles. The van der Waals surface area contributed by atoms with E-state index in [1.54, 1.807) is 31.4 Å². The molecule has 1 N–H and O–H groups in total. The lowest BCUT2D eigenvalue weighted by atomic mass is 10.0. The molecular weight excluding hydrogens is 438 g/mol. The van der Waals surface area contributed by atoms with E-state index in [0.29, 0.717) is 18.1 Å². The fraction of sp³-hybridized carbons (Fsp3) is 0.310. The molecule has 0 spiro atoms. The fourth-order valence-corrected chi connectivity index (χ4v) is 4.11. The lowest BCUT2D eigenvalue weighted by Crippen LogP contribution is -2.28. The van der Waals surface area contributed by atoms with Gasteiger partial charge in [0.25, 0.3) is 5.91 Å². The van der Waals surface area contributed by atoms with Crippen LogP contribution in [0.15, 0.2) is 72.8 Å². The first-order valence-electron chi connectivity index (χ1n) is 12.1. The molecule has 0 aliphatic rings. The molecule has 4 aromatic rings. The smallest absolute Gasteiger partial charge is 0.251 e. The summed E-state index contributed by atoms with van der Waals surface area (Å²) >= 11 is 0. The Balaban J connectivity index is 1.43. The Morgan fingerprint density at radius 2 is 1.63 bits per heavy atom. The lowest BCUT2D eigenvalue weighted by Gasteiger charge is -2.17. The molecule has 0 saturated heterocycles. The summed E-state index contributed by atoms with van der Waals surface area (Å²) in [7, 11) is 1.61. The third-order valence-electron chi connectivity index (χ3n) is 6.11. The van der Waals surface area contributed by atoms with E-state index < -0.39 is 0 Å². The van der Waals surface area contributed by atoms with Gasteiger partial charge < -0.3 is 19.4 Å². The minimum Gasteiger partial charge on any atom is -0.497 e. The van der Waals surface area contributed by atoms with Crippen LogP contribution >= 0.6 is 0 Å². The Kier molecular flexibility index (Phi) is 7.70. The predicted octanol–water partition coefficient (Wildman–Crippen LogP) is 6.13. The molecule has 1 aromatic heterocycles. The largest absolute Gasteiger partial charge is 0.497 e. The van der Waals surface area contributed by atoms with Gasteiger partial charge in [0.15, 0.2) is 0 Å². The highest BCUT2D eigenvalue weighted by molar-refractivity contribution is 5.94. The van der Waals surface area contributed by atoms with Crippen molar-refractivity contribution in [3.05, 3.63) is 89.7 Å². The molecule has 35 heavy (non-hydrogen) atoms. The Morgan fingerprint density at radius 3 is 2.31 bits per heavy atom. The third kappa shape index (κ3) is 5.83. The molecule has 1 atom stereocenters. The minimum absolute atomic E-state index is 0.146. The maximum Gasteiger partial charge on any atom is 0.251 e. The maximum atomic E-state index is 12.8. The second-order valence-corrected chi connectivity index (χ2v) is 8.96. The zero-order valence-corrected chi connectivity index (χ0v) is 20.8. The number of carbonyl (C=O) groups is 1. The molecule has 0 aliphatic carbocycles. The van der Waals surface area contributed by atoms with Gasteiger partial charge in [0.05, 0.1) is 30.8 Å². The van der Waals surface area contributed by atoms with Gasteiger partial charge in [0, 0.05) is 12.1 Å². The number of hydrogen-bond acceptors (Lipinski definition) is 4. The number of carbonyl (C=O) groups excluding carboxylic acids is 1. The number of imidazole rings is 1. The zero-order valence-electron chi connectivity index (χ0n) is 20.8. The Bertz CT molecular complexity index is 1260. The molecule has 0 fully saturated rings. The summed E-state index contributed by atoms with van der Waals surface area (Å²) in [6, 6.07) is 23.2. The zero-order chi connectivity index (χ0) is 24.8. The lowest BCUT2D eigenvalue weighted by molar-refractivity contribution is 0.0937. The Labute approximate surface area is 206 Å². The summed E-state index contributed by atoms with van der Waals surface area (Å²) < 4.78 is 13.3. The van der Waals surface area contributed by atoms with Gasteiger partial charge in [-0.3, -0.25) is 4.79 Å². The third-order valence-corrected chi connectivity index (χ3v) is 6.11. The van der Waals surface area contributed by atoms with E-state index in [0.717, 1.165) is 41.3 Å². The predicted molar refractivity (Wildman–Crippen MR) is 139 cm³/mol. The number of methoxy groups -OCH3 is 1. The number of para-hydroxylation sites is 2. The summed E-state index contributed by atoms with van der Waals surface area (Å²) in [4.78, 5) is 17.7. The average molecular weight is 472 g/mol. The van der Waals surface area contributed by atoms with Crippen molar-refractivity contribution in [3.63, 3.8) is 0 Å². The number of nitrogens with zero attached hydrogens (tertiary/aromatic N) is 2. The summed E-state index contributed by atoms with van der Waals surface area (Å²) in [6.07, 6.45) is 0.818. The molecule has 0 saturated carbocycles. The number of benzene rings is 3. The summed E-state index contributed by atoms with van der Waals surface area (Å²) in [5, 5.41) is 3.09. The second kappa shape index (κ2) is 11.1. The van der Waals surface area contributed by atoms with Crippen LogP contribution in [-0.4, -0.2) is 29.2 Å². The minimum atomic E-state index is -0.263. The van der Waals surface area contributed by atoms with E-state index in [4.69, 9.17) is 14.5 Å². The number of hydrogen-bond donors (Lipinski definition) is 1. The second-order valence-electron chi connectivity index (χ2n) is 8.96. The van der Waals surface area contributed by atoms with Crippen LogP contribution in [0.5, 0.6) is 11.5 Å². The summed E-state index contributed by atoms with van der Waals surface area (Å²) in [5.41, 5.74) is 3.85. The molecule has 6 heteroatoms. The number of fused-ring (bicyclic) bond motifs is 1. The van der Waals surface area contributed by atoms with Gasteiger partial charge >= 0.3 is 0 Å². The van der Waals surface area contributed by atoms with Gasteiger partial charge in [-0.05, 0) is 73.4 Å². The normalized spacial score (nSPS) is 12.0. The van der Waals surface area contributed by atoms with Crippen LogP contribution < -0.4 is 14.8 Å². The van der Waals surface area contributed by atoms with Gasteiger partial charge in [0.1, 0.15) is 17.3 Å². The van der Waals surface area contributed by atoms with Gasteiger partial charge in [0.2, 0.25) is 0 Å². The van der Waals surface area contributed by atoms with E-state index in [1.165, 1.54) is 5.56 Å². The Hall–Kier alpha value is -3.80. The highest BCUT2D eigenvalue weighted by Crippen LogP contribution is 2.23. The number of aromatic nitrogens is 2. The summed E-state index contributed by atoms with van der Waals surface area (Å²) in [5.74, 6) is 2.78. The topological polar surface area (TPSA) is 65.4 Å². The number of rotatable bonds is 10. The molecule has 3 aromatic carbocycles. The average Bonchev–Trinajstić information content (AvgIpc) is 3.25. The molecule has 1 heterocycles. The first-order valence-corrected chi connectivity index (χ1v) is 12.1. The van der Waals surface area contributed by atoms with E-state index in [2.05, 4.69) is 41.9 Å². The van der Waals surface area contributed by atoms with Crippen molar-refractivity contribution < 1.29 is 14.3 Å². The summed E-state index contributed by atoms with van der Waals surface area (Å²) in [6.45, 7) is 7.67. The molecular formula is C29H33N3O3. The van der Waals surface area contributed by atoms with Gasteiger partial charge in [-0.25, -0.2) is 4.98 Å². The van der Waals surface area contributed by atoms with Gasteiger partial charge in [-0.2, -0.15) is 0 Å². The van der Waals surface area contributed by atoms with Crippen molar-refractivity contribution in [2.45, 2.75) is 45.7 Å². The Morgan fingerprint density at radius 1 is 0.943 bits per heavy atom. The molecule has 4 rings (SSSR count). The van der Waals surface area contributed by atoms with Crippen molar-refractivity contribution in [2.24, 2.45) is 0 Å². The number of ether oxygens (including phenoxy) is 2.